The maximum atomic E-state index is 12.4. The predicted octanol–water partition coefficient (Wildman–Crippen LogP) is 4.51. The molecular formula is C20H20ClN3O2. The van der Waals surface area contributed by atoms with E-state index in [1.165, 1.54) is 5.56 Å². The molecule has 1 heterocycles. The van der Waals surface area contributed by atoms with Crippen LogP contribution in [0.3, 0.4) is 0 Å². The van der Waals surface area contributed by atoms with Crippen LogP contribution >= 0.6 is 11.6 Å². The van der Waals surface area contributed by atoms with Crippen molar-refractivity contribution >= 4 is 17.6 Å². The lowest BCUT2D eigenvalue weighted by Gasteiger charge is -2.08. The van der Waals surface area contributed by atoms with E-state index in [-0.39, 0.29) is 12.3 Å². The second kappa shape index (κ2) is 7.30. The third kappa shape index (κ3) is 3.63. The van der Waals surface area contributed by atoms with Gasteiger partial charge in [-0.15, -0.1) is 5.10 Å². The molecule has 0 amide bonds. The highest BCUT2D eigenvalue weighted by atomic mass is 35.5. The molecule has 134 valence electrons. The van der Waals surface area contributed by atoms with Crippen molar-refractivity contribution in [2.75, 3.05) is 0 Å². The number of hydrogen-bond donors (Lipinski definition) is 0. The minimum Gasteiger partial charge on any atom is -0.456 e. The fraction of sp³-hybridized carbons (Fsp3) is 0.250. The van der Waals surface area contributed by atoms with E-state index in [1.54, 1.807) is 17.7 Å². The Bertz CT molecular complexity index is 979. The first-order valence-corrected chi connectivity index (χ1v) is 8.66. The summed E-state index contributed by atoms with van der Waals surface area (Å²) in [5.41, 5.74) is 5.77. The lowest BCUT2D eigenvalue weighted by atomic mass is 10.1. The molecule has 0 N–H and O–H groups in total. The molecule has 0 aliphatic rings. The Morgan fingerprint density at radius 3 is 2.54 bits per heavy atom. The normalized spacial score (nSPS) is 10.8. The highest BCUT2D eigenvalue weighted by Gasteiger charge is 2.19. The third-order valence-corrected chi connectivity index (χ3v) is 4.75. The number of aromatic nitrogens is 3. The topological polar surface area (TPSA) is 57.0 Å². The number of carbonyl (C=O) groups is 1. The molecule has 0 aliphatic carbocycles. The van der Waals surface area contributed by atoms with Gasteiger partial charge in [-0.1, -0.05) is 46.6 Å². The number of halogens is 1. The van der Waals surface area contributed by atoms with Gasteiger partial charge in [0.2, 0.25) is 0 Å². The standard InChI is InChI=1S/C20H20ClN3O2/c1-12-5-7-16(14(3)9-12)11-26-20(25)19-15(4)24(23-22-19)17-8-6-13(2)18(21)10-17/h5-10H,11H2,1-4H3. The van der Waals surface area contributed by atoms with Crippen LogP contribution in [0.15, 0.2) is 36.4 Å². The molecule has 0 atom stereocenters. The maximum absolute atomic E-state index is 12.4. The van der Waals surface area contributed by atoms with Crippen LogP contribution in [0.4, 0.5) is 0 Å². The van der Waals surface area contributed by atoms with Crippen LogP contribution in [0.5, 0.6) is 0 Å². The van der Waals surface area contributed by atoms with Gasteiger partial charge in [0.25, 0.3) is 0 Å². The van der Waals surface area contributed by atoms with Crippen LogP contribution in [0.2, 0.25) is 5.02 Å². The lowest BCUT2D eigenvalue weighted by Crippen LogP contribution is -2.09. The highest BCUT2D eigenvalue weighted by molar-refractivity contribution is 6.31. The molecule has 0 saturated heterocycles. The van der Waals surface area contributed by atoms with Crippen LogP contribution in [-0.2, 0) is 11.3 Å². The number of carbonyl (C=O) groups excluding carboxylic acids is 1. The van der Waals surface area contributed by atoms with E-state index < -0.39 is 5.97 Å². The first kappa shape index (κ1) is 18.1. The zero-order valence-corrected chi connectivity index (χ0v) is 16.0. The van der Waals surface area contributed by atoms with Crippen LogP contribution in [0, 0.1) is 27.7 Å². The summed E-state index contributed by atoms with van der Waals surface area (Å²) in [6, 6.07) is 11.6. The summed E-state index contributed by atoms with van der Waals surface area (Å²) >= 11 is 6.18. The molecule has 3 aromatic rings. The van der Waals surface area contributed by atoms with Crippen LogP contribution in [-0.4, -0.2) is 21.0 Å². The van der Waals surface area contributed by atoms with E-state index >= 15 is 0 Å². The fourth-order valence-corrected chi connectivity index (χ4v) is 2.87. The van der Waals surface area contributed by atoms with Gasteiger partial charge in [-0.05, 0) is 56.5 Å². The molecule has 0 fully saturated rings. The summed E-state index contributed by atoms with van der Waals surface area (Å²) in [5, 5.41) is 8.69. The summed E-state index contributed by atoms with van der Waals surface area (Å²) in [7, 11) is 0. The predicted molar refractivity (Wildman–Crippen MR) is 101 cm³/mol. The van der Waals surface area contributed by atoms with Crippen molar-refractivity contribution in [1.29, 1.82) is 0 Å². The van der Waals surface area contributed by atoms with Crippen molar-refractivity contribution in [3.05, 3.63) is 75.1 Å². The van der Waals surface area contributed by atoms with Gasteiger partial charge >= 0.3 is 5.97 Å². The number of rotatable bonds is 4. The fourth-order valence-electron chi connectivity index (χ4n) is 2.70. The molecule has 1 aromatic heterocycles. The molecule has 2 aromatic carbocycles. The average Bonchev–Trinajstić information content (AvgIpc) is 2.98. The van der Waals surface area contributed by atoms with Gasteiger partial charge in [0.05, 0.1) is 11.4 Å². The number of nitrogens with zero attached hydrogens (tertiary/aromatic N) is 3. The summed E-state index contributed by atoms with van der Waals surface area (Å²) in [6.07, 6.45) is 0. The van der Waals surface area contributed by atoms with Crippen molar-refractivity contribution in [3.8, 4) is 5.69 Å². The summed E-state index contributed by atoms with van der Waals surface area (Å²) < 4.78 is 7.01. The Labute approximate surface area is 157 Å². The molecule has 0 bridgehead atoms. The van der Waals surface area contributed by atoms with Crippen LogP contribution in [0.1, 0.15) is 38.4 Å². The molecule has 0 radical (unpaired) electrons. The first-order chi connectivity index (χ1) is 12.4. The lowest BCUT2D eigenvalue weighted by molar-refractivity contribution is 0.0464. The Hall–Kier alpha value is -2.66. The number of hydrogen-bond acceptors (Lipinski definition) is 4. The summed E-state index contributed by atoms with van der Waals surface area (Å²) in [6.45, 7) is 7.94. The van der Waals surface area contributed by atoms with Gasteiger partial charge < -0.3 is 4.74 Å². The van der Waals surface area contributed by atoms with Crippen molar-refractivity contribution in [1.82, 2.24) is 15.0 Å². The summed E-state index contributed by atoms with van der Waals surface area (Å²) in [4.78, 5) is 12.4. The Kier molecular flexibility index (Phi) is 5.09. The van der Waals surface area contributed by atoms with Crippen molar-refractivity contribution < 1.29 is 9.53 Å². The zero-order valence-electron chi connectivity index (χ0n) is 15.2. The highest BCUT2D eigenvalue weighted by Crippen LogP contribution is 2.21. The molecule has 6 heteroatoms. The van der Waals surface area contributed by atoms with Gasteiger partial charge in [-0.2, -0.15) is 0 Å². The number of esters is 1. The third-order valence-electron chi connectivity index (χ3n) is 4.34. The van der Waals surface area contributed by atoms with Gasteiger partial charge in [0.1, 0.15) is 6.61 Å². The maximum Gasteiger partial charge on any atom is 0.361 e. The van der Waals surface area contributed by atoms with Crippen LogP contribution in [0.25, 0.3) is 5.69 Å². The van der Waals surface area contributed by atoms with Gasteiger partial charge in [0.15, 0.2) is 5.69 Å². The second-order valence-electron chi connectivity index (χ2n) is 6.37. The SMILES string of the molecule is Cc1ccc(COC(=O)c2nnn(-c3ccc(C)c(Cl)c3)c2C)c(C)c1. The number of ether oxygens (including phenoxy) is 1. The molecule has 0 saturated carbocycles. The quantitative estimate of drug-likeness (QED) is 0.635. The number of benzene rings is 2. The second-order valence-corrected chi connectivity index (χ2v) is 6.78. The van der Waals surface area contributed by atoms with E-state index in [2.05, 4.69) is 16.4 Å². The van der Waals surface area contributed by atoms with Crippen molar-refractivity contribution in [2.45, 2.75) is 34.3 Å². The largest absolute Gasteiger partial charge is 0.456 e. The van der Waals surface area contributed by atoms with Crippen molar-refractivity contribution in [2.24, 2.45) is 0 Å². The van der Waals surface area contributed by atoms with Gasteiger partial charge in [-0.3, -0.25) is 0 Å². The first-order valence-electron chi connectivity index (χ1n) is 8.29. The molecule has 0 aliphatic heterocycles. The smallest absolute Gasteiger partial charge is 0.361 e. The molecule has 0 unspecified atom stereocenters. The van der Waals surface area contributed by atoms with E-state index in [1.807, 2.05) is 45.0 Å². The molecule has 26 heavy (non-hydrogen) atoms. The average molecular weight is 370 g/mol. The Morgan fingerprint density at radius 1 is 1.08 bits per heavy atom. The monoisotopic (exact) mass is 369 g/mol. The molecule has 5 nitrogen and oxygen atoms in total. The Balaban J connectivity index is 1.78. The summed E-state index contributed by atoms with van der Waals surface area (Å²) in [5.74, 6) is -0.494. The zero-order chi connectivity index (χ0) is 18.8. The van der Waals surface area contributed by atoms with E-state index in [0.29, 0.717) is 10.7 Å². The minimum atomic E-state index is -0.494. The van der Waals surface area contributed by atoms with Crippen molar-refractivity contribution in [3.63, 3.8) is 0 Å². The molecule has 0 spiro atoms. The minimum absolute atomic E-state index is 0.200. The molecule has 3 rings (SSSR count). The van der Waals surface area contributed by atoms with Gasteiger partial charge in [-0.25, -0.2) is 9.48 Å². The van der Waals surface area contributed by atoms with Crippen LogP contribution < -0.4 is 0 Å². The molecular weight excluding hydrogens is 350 g/mol. The number of aryl methyl sites for hydroxylation is 3. The van der Waals surface area contributed by atoms with E-state index in [9.17, 15) is 4.79 Å². The van der Waals surface area contributed by atoms with E-state index in [4.69, 9.17) is 16.3 Å². The Morgan fingerprint density at radius 2 is 1.85 bits per heavy atom. The van der Waals surface area contributed by atoms with Gasteiger partial charge in [0, 0.05) is 5.02 Å². The van der Waals surface area contributed by atoms with E-state index in [0.717, 1.165) is 22.4 Å².